The number of piperidine rings is 1. The Labute approximate surface area is 155 Å². The first-order valence-corrected chi connectivity index (χ1v) is 9.68. The van der Waals surface area contributed by atoms with Crippen molar-refractivity contribution < 1.29 is 9.59 Å². The van der Waals surface area contributed by atoms with Gasteiger partial charge in [-0.2, -0.15) is 0 Å². The molecule has 0 aromatic heterocycles. The van der Waals surface area contributed by atoms with Crippen molar-refractivity contribution in [3.05, 3.63) is 35.4 Å². The van der Waals surface area contributed by atoms with Crippen LogP contribution >= 0.6 is 0 Å². The maximum atomic E-state index is 12.6. The molecular weight excluding hydrogens is 328 g/mol. The summed E-state index contributed by atoms with van der Waals surface area (Å²) in [6.45, 7) is 6.82. The Bertz CT molecular complexity index is 623. The number of carbonyl (C=O) groups excluding carboxylic acids is 2. The Morgan fingerprint density at radius 2 is 1.73 bits per heavy atom. The Kier molecular flexibility index (Phi) is 6.27. The number of benzene rings is 1. The van der Waals surface area contributed by atoms with Crippen molar-refractivity contribution in [2.24, 2.45) is 5.73 Å². The lowest BCUT2D eigenvalue weighted by Crippen LogP contribution is -2.53. The zero-order valence-corrected chi connectivity index (χ0v) is 15.7. The van der Waals surface area contributed by atoms with Crippen LogP contribution in [0.1, 0.15) is 42.1 Å². The lowest BCUT2D eigenvalue weighted by Gasteiger charge is -2.38. The molecule has 1 aromatic rings. The zero-order valence-electron chi connectivity index (χ0n) is 15.7. The van der Waals surface area contributed by atoms with Crippen molar-refractivity contribution in [2.75, 3.05) is 39.3 Å². The van der Waals surface area contributed by atoms with Crippen LogP contribution in [0.2, 0.25) is 0 Å². The summed E-state index contributed by atoms with van der Waals surface area (Å²) >= 11 is 0. The molecule has 2 heterocycles. The van der Waals surface area contributed by atoms with E-state index in [0.717, 1.165) is 38.0 Å². The topological polar surface area (TPSA) is 69.9 Å². The number of nitrogens with zero attached hydrogens (tertiary/aromatic N) is 3. The van der Waals surface area contributed by atoms with Gasteiger partial charge in [-0.05, 0) is 43.9 Å². The molecule has 2 saturated heterocycles. The second-order valence-corrected chi connectivity index (χ2v) is 7.40. The SMILES string of the molecule is CC1CCCCN1C(=O)CN1CCN(C(=O)c2ccc(CN)cc2)CC1. The molecule has 3 rings (SSSR count). The lowest BCUT2D eigenvalue weighted by molar-refractivity contribution is -0.136. The van der Waals surface area contributed by atoms with E-state index < -0.39 is 0 Å². The molecular formula is C20H30N4O2. The Morgan fingerprint density at radius 3 is 2.35 bits per heavy atom. The summed E-state index contributed by atoms with van der Waals surface area (Å²) in [6, 6.07) is 7.86. The molecule has 6 heteroatoms. The van der Waals surface area contributed by atoms with Crippen LogP contribution < -0.4 is 5.73 Å². The number of nitrogens with two attached hydrogens (primary N) is 1. The number of hydrogen-bond donors (Lipinski definition) is 1. The summed E-state index contributed by atoms with van der Waals surface area (Å²) in [6.07, 6.45) is 3.44. The van der Waals surface area contributed by atoms with Gasteiger partial charge in [-0.15, -0.1) is 0 Å². The summed E-state index contributed by atoms with van der Waals surface area (Å²) in [5.74, 6) is 0.290. The van der Waals surface area contributed by atoms with E-state index in [2.05, 4.69) is 11.8 Å². The third kappa shape index (κ3) is 4.43. The predicted molar refractivity (Wildman–Crippen MR) is 102 cm³/mol. The van der Waals surface area contributed by atoms with Gasteiger partial charge in [-0.25, -0.2) is 0 Å². The van der Waals surface area contributed by atoms with Gasteiger partial charge in [0.2, 0.25) is 5.91 Å². The van der Waals surface area contributed by atoms with Crippen molar-refractivity contribution in [1.29, 1.82) is 0 Å². The first-order chi connectivity index (χ1) is 12.6. The van der Waals surface area contributed by atoms with Crippen molar-refractivity contribution >= 4 is 11.8 Å². The number of rotatable bonds is 4. The highest BCUT2D eigenvalue weighted by Crippen LogP contribution is 2.17. The molecule has 1 unspecified atom stereocenters. The summed E-state index contributed by atoms with van der Waals surface area (Å²) in [4.78, 5) is 31.3. The van der Waals surface area contributed by atoms with E-state index >= 15 is 0 Å². The first kappa shape index (κ1) is 18.9. The molecule has 0 spiro atoms. The standard InChI is InChI=1S/C20H30N4O2/c1-16-4-2-3-9-24(16)19(25)15-22-10-12-23(13-11-22)20(26)18-7-5-17(14-21)6-8-18/h5-8,16H,2-4,9-15,21H2,1H3. The lowest BCUT2D eigenvalue weighted by atomic mass is 10.0. The van der Waals surface area contributed by atoms with Crippen LogP contribution in [0, 0.1) is 0 Å². The van der Waals surface area contributed by atoms with Gasteiger partial charge in [0.05, 0.1) is 6.54 Å². The molecule has 0 radical (unpaired) electrons. The minimum Gasteiger partial charge on any atom is -0.339 e. The highest BCUT2D eigenvalue weighted by atomic mass is 16.2. The van der Waals surface area contributed by atoms with Crippen LogP contribution in [0.15, 0.2) is 24.3 Å². The molecule has 142 valence electrons. The maximum absolute atomic E-state index is 12.6. The number of likely N-dealkylation sites (tertiary alicyclic amines) is 1. The largest absolute Gasteiger partial charge is 0.339 e. The number of carbonyl (C=O) groups is 2. The third-order valence-corrected chi connectivity index (χ3v) is 5.58. The Hall–Kier alpha value is -1.92. The van der Waals surface area contributed by atoms with E-state index in [-0.39, 0.29) is 11.8 Å². The highest BCUT2D eigenvalue weighted by molar-refractivity contribution is 5.94. The van der Waals surface area contributed by atoms with E-state index in [1.165, 1.54) is 6.42 Å². The van der Waals surface area contributed by atoms with Gasteiger partial charge < -0.3 is 15.5 Å². The number of hydrogen-bond acceptors (Lipinski definition) is 4. The number of piperazine rings is 1. The summed E-state index contributed by atoms with van der Waals surface area (Å²) in [5, 5.41) is 0. The Morgan fingerprint density at radius 1 is 1.04 bits per heavy atom. The van der Waals surface area contributed by atoms with E-state index in [1.54, 1.807) is 0 Å². The van der Waals surface area contributed by atoms with Crippen molar-refractivity contribution in [2.45, 2.75) is 38.8 Å². The minimum atomic E-state index is 0.0594. The second-order valence-electron chi connectivity index (χ2n) is 7.40. The summed E-state index contributed by atoms with van der Waals surface area (Å²) in [5.41, 5.74) is 7.33. The summed E-state index contributed by atoms with van der Waals surface area (Å²) in [7, 11) is 0. The first-order valence-electron chi connectivity index (χ1n) is 9.68. The van der Waals surface area contributed by atoms with Gasteiger partial charge in [0.15, 0.2) is 0 Å². The third-order valence-electron chi connectivity index (χ3n) is 5.58. The van der Waals surface area contributed by atoms with Gasteiger partial charge >= 0.3 is 0 Å². The van der Waals surface area contributed by atoms with Crippen LogP contribution in [0.4, 0.5) is 0 Å². The van der Waals surface area contributed by atoms with E-state index in [4.69, 9.17) is 5.73 Å². The van der Waals surface area contributed by atoms with Crippen LogP contribution in [0.3, 0.4) is 0 Å². The molecule has 0 bridgehead atoms. The predicted octanol–water partition coefficient (Wildman–Crippen LogP) is 1.30. The smallest absolute Gasteiger partial charge is 0.253 e. The normalized spacial score (nSPS) is 21.7. The molecule has 0 aliphatic carbocycles. The van der Waals surface area contributed by atoms with Crippen molar-refractivity contribution in [1.82, 2.24) is 14.7 Å². The molecule has 6 nitrogen and oxygen atoms in total. The van der Waals surface area contributed by atoms with Crippen molar-refractivity contribution in [3.8, 4) is 0 Å². The van der Waals surface area contributed by atoms with E-state index in [0.29, 0.717) is 37.8 Å². The van der Waals surface area contributed by atoms with Gasteiger partial charge in [0.1, 0.15) is 0 Å². The maximum Gasteiger partial charge on any atom is 0.253 e. The van der Waals surface area contributed by atoms with Crippen LogP contribution in [0.25, 0.3) is 0 Å². The van der Waals surface area contributed by atoms with Crippen LogP contribution in [0.5, 0.6) is 0 Å². The molecule has 2 aliphatic heterocycles. The second kappa shape index (κ2) is 8.64. The molecule has 1 aromatic carbocycles. The Balaban J connectivity index is 1.48. The van der Waals surface area contributed by atoms with Gasteiger partial charge in [-0.1, -0.05) is 12.1 Å². The average molecular weight is 358 g/mol. The molecule has 2 amide bonds. The molecule has 2 fully saturated rings. The highest BCUT2D eigenvalue weighted by Gasteiger charge is 2.27. The molecule has 2 N–H and O–H groups in total. The zero-order chi connectivity index (χ0) is 18.5. The fourth-order valence-electron chi connectivity index (χ4n) is 3.83. The average Bonchev–Trinajstić information content (AvgIpc) is 2.68. The van der Waals surface area contributed by atoms with E-state index in [1.807, 2.05) is 34.1 Å². The molecule has 2 aliphatic rings. The van der Waals surface area contributed by atoms with Gasteiger partial charge in [0.25, 0.3) is 5.91 Å². The summed E-state index contributed by atoms with van der Waals surface area (Å²) < 4.78 is 0. The molecule has 0 saturated carbocycles. The fraction of sp³-hybridized carbons (Fsp3) is 0.600. The van der Waals surface area contributed by atoms with Crippen LogP contribution in [-0.2, 0) is 11.3 Å². The van der Waals surface area contributed by atoms with Gasteiger partial charge in [-0.3, -0.25) is 14.5 Å². The monoisotopic (exact) mass is 358 g/mol. The number of amides is 2. The fourth-order valence-corrected chi connectivity index (χ4v) is 3.83. The van der Waals surface area contributed by atoms with Gasteiger partial charge in [0, 0.05) is 50.9 Å². The minimum absolute atomic E-state index is 0.0594. The molecule has 1 atom stereocenters. The van der Waals surface area contributed by atoms with Crippen LogP contribution in [-0.4, -0.2) is 71.8 Å². The van der Waals surface area contributed by atoms with Crippen molar-refractivity contribution in [3.63, 3.8) is 0 Å². The quantitative estimate of drug-likeness (QED) is 0.881. The molecule has 26 heavy (non-hydrogen) atoms. The van der Waals surface area contributed by atoms with E-state index in [9.17, 15) is 9.59 Å².